The van der Waals surface area contributed by atoms with E-state index in [1.165, 1.54) is 34.6 Å². The molecule has 1 aliphatic rings. The number of rotatable bonds is 3. The van der Waals surface area contributed by atoms with Gasteiger partial charge in [0.2, 0.25) is 0 Å². The van der Waals surface area contributed by atoms with Crippen molar-refractivity contribution in [2.45, 2.75) is 37.6 Å². The van der Waals surface area contributed by atoms with Crippen LogP contribution in [0.5, 0.6) is 0 Å². The molecule has 15 heavy (non-hydrogen) atoms. The summed E-state index contributed by atoms with van der Waals surface area (Å²) in [5.74, 6) is 1.25. The zero-order valence-electron chi connectivity index (χ0n) is 9.55. The van der Waals surface area contributed by atoms with Gasteiger partial charge in [-0.3, -0.25) is 0 Å². The van der Waals surface area contributed by atoms with Gasteiger partial charge in [0.05, 0.1) is 0 Å². The second-order valence-corrected chi connectivity index (χ2v) is 5.24. The van der Waals surface area contributed by atoms with Crippen molar-refractivity contribution in [2.75, 3.05) is 12.3 Å². The number of hydrogen-bond acceptors (Lipinski definition) is 2. The molecule has 1 aliphatic heterocycles. The fraction of sp³-hybridized carbons (Fsp3) is 0.538. The molecular weight excluding hydrogens is 202 g/mol. The van der Waals surface area contributed by atoms with Crippen LogP contribution in [0.4, 0.5) is 0 Å². The zero-order chi connectivity index (χ0) is 10.7. The average molecular weight is 221 g/mol. The van der Waals surface area contributed by atoms with E-state index in [-0.39, 0.29) is 0 Å². The lowest BCUT2D eigenvalue weighted by Crippen LogP contribution is -2.25. The van der Waals surface area contributed by atoms with E-state index in [2.05, 4.69) is 37.4 Å². The van der Waals surface area contributed by atoms with Gasteiger partial charge >= 0.3 is 0 Å². The van der Waals surface area contributed by atoms with Gasteiger partial charge in [-0.15, -0.1) is 11.8 Å². The highest BCUT2D eigenvalue weighted by Gasteiger charge is 2.20. The second-order valence-electron chi connectivity index (χ2n) is 4.14. The molecule has 2 heteroatoms. The maximum Gasteiger partial charge on any atom is 0.0339 e. The van der Waals surface area contributed by atoms with Crippen molar-refractivity contribution in [3.05, 3.63) is 29.3 Å². The molecule has 1 nitrogen and oxygen atoms in total. The number of nitrogens with one attached hydrogen (secondary N) is 1. The number of benzene rings is 1. The monoisotopic (exact) mass is 221 g/mol. The van der Waals surface area contributed by atoms with Gasteiger partial charge in [0.1, 0.15) is 0 Å². The summed E-state index contributed by atoms with van der Waals surface area (Å²) >= 11 is 2.01. The van der Waals surface area contributed by atoms with Gasteiger partial charge in [-0.1, -0.05) is 25.1 Å². The van der Waals surface area contributed by atoms with E-state index >= 15 is 0 Å². The van der Waals surface area contributed by atoms with Crippen LogP contribution in [0.25, 0.3) is 0 Å². The van der Waals surface area contributed by atoms with Crippen LogP contribution in [0.1, 0.15) is 36.9 Å². The Morgan fingerprint density at radius 3 is 3.13 bits per heavy atom. The largest absolute Gasteiger partial charge is 0.310 e. The lowest BCUT2D eigenvalue weighted by atomic mass is 10.0. The standard InChI is InChI=1S/C13H19NS/c1-3-8-14-12-7-9-15-13-10(2)5-4-6-11(12)13/h4-6,12,14H,3,7-9H2,1-2H3. The van der Waals surface area contributed by atoms with Crippen molar-refractivity contribution in [3.63, 3.8) is 0 Å². The van der Waals surface area contributed by atoms with Crippen molar-refractivity contribution in [3.8, 4) is 0 Å². The third kappa shape index (κ3) is 2.37. The summed E-state index contributed by atoms with van der Waals surface area (Å²) in [6.45, 7) is 5.57. The minimum atomic E-state index is 0.584. The number of hydrogen-bond donors (Lipinski definition) is 1. The average Bonchev–Trinajstić information content (AvgIpc) is 2.27. The molecular formula is C13H19NS. The SMILES string of the molecule is CCCNC1CCSc2c(C)cccc21. The molecule has 0 saturated heterocycles. The van der Waals surface area contributed by atoms with Gasteiger partial charge in [0, 0.05) is 10.9 Å². The van der Waals surface area contributed by atoms with Crippen LogP contribution < -0.4 is 5.32 Å². The third-order valence-corrected chi connectivity index (χ3v) is 4.20. The maximum atomic E-state index is 3.64. The Kier molecular flexibility index (Phi) is 3.71. The molecule has 0 aliphatic carbocycles. The van der Waals surface area contributed by atoms with E-state index in [4.69, 9.17) is 0 Å². The fourth-order valence-electron chi connectivity index (χ4n) is 2.11. The van der Waals surface area contributed by atoms with Gasteiger partial charge < -0.3 is 5.32 Å². The molecule has 1 unspecified atom stereocenters. The van der Waals surface area contributed by atoms with Crippen LogP contribution >= 0.6 is 11.8 Å². The van der Waals surface area contributed by atoms with Gasteiger partial charge in [0.15, 0.2) is 0 Å². The van der Waals surface area contributed by atoms with Crippen LogP contribution in [0.15, 0.2) is 23.1 Å². The Hall–Kier alpha value is -0.470. The van der Waals surface area contributed by atoms with E-state index in [0.717, 1.165) is 6.54 Å². The van der Waals surface area contributed by atoms with Gasteiger partial charge in [-0.2, -0.15) is 0 Å². The first kappa shape index (κ1) is 11.0. The fourth-order valence-corrected chi connectivity index (χ4v) is 3.34. The summed E-state index contributed by atoms with van der Waals surface area (Å²) < 4.78 is 0. The molecule has 82 valence electrons. The third-order valence-electron chi connectivity index (χ3n) is 2.91. The molecule has 1 heterocycles. The highest BCUT2D eigenvalue weighted by Crippen LogP contribution is 2.37. The summed E-state index contributed by atoms with van der Waals surface area (Å²) in [7, 11) is 0. The molecule has 1 atom stereocenters. The van der Waals surface area contributed by atoms with Crippen LogP contribution in [-0.4, -0.2) is 12.3 Å². The predicted molar refractivity (Wildman–Crippen MR) is 67.6 cm³/mol. The first-order valence-electron chi connectivity index (χ1n) is 5.78. The van der Waals surface area contributed by atoms with Crippen molar-refractivity contribution in [1.29, 1.82) is 0 Å². The van der Waals surface area contributed by atoms with E-state index in [1.807, 2.05) is 11.8 Å². The predicted octanol–water partition coefficient (Wildman–Crippen LogP) is 3.53. The normalized spacial score (nSPS) is 20.0. The molecule has 1 N–H and O–H groups in total. The first-order chi connectivity index (χ1) is 7.33. The Morgan fingerprint density at radius 2 is 2.33 bits per heavy atom. The Morgan fingerprint density at radius 1 is 1.47 bits per heavy atom. The Balaban J connectivity index is 2.22. The van der Waals surface area contributed by atoms with Crippen molar-refractivity contribution in [1.82, 2.24) is 5.32 Å². The molecule has 0 saturated carbocycles. The summed E-state index contributed by atoms with van der Waals surface area (Å²) in [6, 6.07) is 7.26. The van der Waals surface area contributed by atoms with Crippen LogP contribution in [-0.2, 0) is 0 Å². The van der Waals surface area contributed by atoms with E-state index in [9.17, 15) is 0 Å². The topological polar surface area (TPSA) is 12.0 Å². The molecule has 0 bridgehead atoms. The summed E-state index contributed by atoms with van der Waals surface area (Å²) in [5.41, 5.74) is 2.94. The summed E-state index contributed by atoms with van der Waals surface area (Å²) in [6.07, 6.45) is 2.48. The lowest BCUT2D eigenvalue weighted by molar-refractivity contribution is 0.509. The highest BCUT2D eigenvalue weighted by atomic mass is 32.2. The summed E-state index contributed by atoms with van der Waals surface area (Å²) in [5, 5.41) is 3.64. The second kappa shape index (κ2) is 5.04. The van der Waals surface area contributed by atoms with Gasteiger partial charge in [-0.05, 0) is 43.2 Å². The Labute approximate surface area is 96.7 Å². The highest BCUT2D eigenvalue weighted by molar-refractivity contribution is 7.99. The van der Waals surface area contributed by atoms with Crippen molar-refractivity contribution in [2.24, 2.45) is 0 Å². The van der Waals surface area contributed by atoms with Crippen molar-refractivity contribution >= 4 is 11.8 Å². The molecule has 0 spiro atoms. The minimum absolute atomic E-state index is 0.584. The number of aryl methyl sites for hydroxylation is 1. The summed E-state index contributed by atoms with van der Waals surface area (Å²) in [4.78, 5) is 1.51. The van der Waals surface area contributed by atoms with Crippen LogP contribution in [0.2, 0.25) is 0 Å². The maximum absolute atomic E-state index is 3.64. The number of fused-ring (bicyclic) bond motifs is 1. The molecule has 1 aromatic rings. The molecule has 0 amide bonds. The smallest absolute Gasteiger partial charge is 0.0339 e. The van der Waals surface area contributed by atoms with E-state index in [0.29, 0.717) is 6.04 Å². The van der Waals surface area contributed by atoms with Gasteiger partial charge in [-0.25, -0.2) is 0 Å². The number of thioether (sulfide) groups is 1. The van der Waals surface area contributed by atoms with Gasteiger partial charge in [0.25, 0.3) is 0 Å². The minimum Gasteiger partial charge on any atom is -0.310 e. The molecule has 0 radical (unpaired) electrons. The molecule has 0 aromatic heterocycles. The Bertz CT molecular complexity index is 335. The molecule has 0 fully saturated rings. The molecule has 1 aromatic carbocycles. The van der Waals surface area contributed by atoms with E-state index < -0.39 is 0 Å². The first-order valence-corrected chi connectivity index (χ1v) is 6.77. The molecule has 2 rings (SSSR count). The van der Waals surface area contributed by atoms with Crippen LogP contribution in [0.3, 0.4) is 0 Å². The quantitative estimate of drug-likeness (QED) is 0.838. The zero-order valence-corrected chi connectivity index (χ0v) is 10.4. The van der Waals surface area contributed by atoms with E-state index in [1.54, 1.807) is 0 Å². The lowest BCUT2D eigenvalue weighted by Gasteiger charge is -2.27. The van der Waals surface area contributed by atoms with Crippen molar-refractivity contribution < 1.29 is 0 Å². The van der Waals surface area contributed by atoms with Crippen LogP contribution in [0, 0.1) is 6.92 Å².